The van der Waals surface area contributed by atoms with Crippen molar-refractivity contribution in [3.63, 3.8) is 0 Å². The van der Waals surface area contributed by atoms with E-state index >= 15 is 0 Å². The van der Waals surface area contributed by atoms with Gasteiger partial charge in [-0.2, -0.15) is 5.10 Å². The van der Waals surface area contributed by atoms with Crippen molar-refractivity contribution in [1.82, 2.24) is 14.7 Å². The van der Waals surface area contributed by atoms with Crippen molar-refractivity contribution in [2.45, 2.75) is 76.3 Å². The second kappa shape index (κ2) is 7.36. The first-order valence-electron chi connectivity index (χ1n) is 9.17. The second-order valence-electron chi connectivity index (χ2n) is 7.13. The Labute approximate surface area is 142 Å². The molecule has 6 nitrogen and oxygen atoms in total. The highest BCUT2D eigenvalue weighted by atomic mass is 16.4. The van der Waals surface area contributed by atoms with Gasteiger partial charge >= 0.3 is 5.97 Å². The Hall–Kier alpha value is -1.85. The van der Waals surface area contributed by atoms with Crippen LogP contribution in [0.5, 0.6) is 0 Å². The highest BCUT2D eigenvalue weighted by molar-refractivity contribution is 6.03. The summed E-state index contributed by atoms with van der Waals surface area (Å²) in [6.07, 6.45) is 12.6. The standard InChI is InChI=1S/C18H27N3O3/c1-20-16(18(23)24)15(12-19-20)17(22)21(13-8-4-2-5-9-13)14-10-6-3-7-11-14/h12-14H,2-11H2,1H3,(H,23,24). The number of aromatic nitrogens is 2. The van der Waals surface area contributed by atoms with Crippen LogP contribution < -0.4 is 0 Å². The number of hydrogen-bond donors (Lipinski definition) is 1. The molecule has 0 saturated heterocycles. The largest absolute Gasteiger partial charge is 0.477 e. The normalized spacial score (nSPS) is 20.0. The van der Waals surface area contributed by atoms with Crippen LogP contribution in [0.15, 0.2) is 6.20 Å². The van der Waals surface area contributed by atoms with Crippen LogP contribution in [0, 0.1) is 0 Å². The van der Waals surface area contributed by atoms with E-state index < -0.39 is 5.97 Å². The molecule has 2 aliphatic rings. The zero-order valence-corrected chi connectivity index (χ0v) is 14.4. The van der Waals surface area contributed by atoms with Crippen LogP contribution in [0.4, 0.5) is 0 Å². The number of aryl methyl sites for hydroxylation is 1. The van der Waals surface area contributed by atoms with Crippen LogP contribution in [0.25, 0.3) is 0 Å². The van der Waals surface area contributed by atoms with Crippen molar-refractivity contribution in [2.24, 2.45) is 7.05 Å². The van der Waals surface area contributed by atoms with Gasteiger partial charge in [0.2, 0.25) is 0 Å². The fraction of sp³-hybridized carbons (Fsp3) is 0.722. The first-order chi connectivity index (χ1) is 11.6. The summed E-state index contributed by atoms with van der Waals surface area (Å²) in [5, 5.41) is 13.5. The fourth-order valence-corrected chi connectivity index (χ4v) is 4.33. The fourth-order valence-electron chi connectivity index (χ4n) is 4.33. The summed E-state index contributed by atoms with van der Waals surface area (Å²) in [5.41, 5.74) is 0.234. The number of amides is 1. The summed E-state index contributed by atoms with van der Waals surface area (Å²) < 4.78 is 1.29. The van der Waals surface area contributed by atoms with Gasteiger partial charge in [0.1, 0.15) is 0 Å². The quantitative estimate of drug-likeness (QED) is 0.918. The number of hydrogen-bond acceptors (Lipinski definition) is 3. The highest BCUT2D eigenvalue weighted by Crippen LogP contribution is 2.31. The van der Waals surface area contributed by atoms with Crippen molar-refractivity contribution >= 4 is 11.9 Å². The molecule has 2 saturated carbocycles. The van der Waals surface area contributed by atoms with Gasteiger partial charge < -0.3 is 10.0 Å². The number of nitrogens with zero attached hydrogens (tertiary/aromatic N) is 3. The maximum absolute atomic E-state index is 13.3. The summed E-state index contributed by atoms with van der Waals surface area (Å²) in [6, 6.07) is 0.493. The molecule has 0 unspecified atom stereocenters. The molecule has 2 aliphatic carbocycles. The lowest BCUT2D eigenvalue weighted by Gasteiger charge is -2.41. The van der Waals surface area contributed by atoms with Crippen LogP contribution in [-0.4, -0.2) is 43.7 Å². The van der Waals surface area contributed by atoms with Crippen LogP contribution in [0.2, 0.25) is 0 Å². The van der Waals surface area contributed by atoms with E-state index in [4.69, 9.17) is 0 Å². The average Bonchev–Trinajstić information content (AvgIpc) is 2.99. The molecule has 1 heterocycles. The topological polar surface area (TPSA) is 75.4 Å². The molecule has 0 atom stereocenters. The Morgan fingerprint density at radius 1 is 1.04 bits per heavy atom. The van der Waals surface area contributed by atoms with E-state index in [1.807, 2.05) is 4.90 Å². The summed E-state index contributed by atoms with van der Waals surface area (Å²) in [5.74, 6) is -1.23. The second-order valence-corrected chi connectivity index (χ2v) is 7.13. The van der Waals surface area contributed by atoms with E-state index in [0.717, 1.165) is 51.4 Å². The Morgan fingerprint density at radius 2 is 1.54 bits per heavy atom. The van der Waals surface area contributed by atoms with Crippen molar-refractivity contribution in [1.29, 1.82) is 0 Å². The highest BCUT2D eigenvalue weighted by Gasteiger charge is 2.35. The predicted molar refractivity (Wildman–Crippen MR) is 90.1 cm³/mol. The minimum Gasteiger partial charge on any atom is -0.477 e. The van der Waals surface area contributed by atoms with E-state index in [1.54, 1.807) is 7.05 Å². The van der Waals surface area contributed by atoms with E-state index in [2.05, 4.69) is 5.10 Å². The van der Waals surface area contributed by atoms with E-state index in [-0.39, 0.29) is 29.2 Å². The molecule has 1 aromatic rings. The smallest absolute Gasteiger partial charge is 0.354 e. The van der Waals surface area contributed by atoms with Gasteiger partial charge in [-0.1, -0.05) is 38.5 Å². The predicted octanol–water partition coefficient (Wildman–Crippen LogP) is 3.23. The van der Waals surface area contributed by atoms with Crippen LogP contribution in [0.1, 0.15) is 85.1 Å². The van der Waals surface area contributed by atoms with Gasteiger partial charge in [0.15, 0.2) is 5.69 Å². The van der Waals surface area contributed by atoms with Crippen molar-refractivity contribution in [3.05, 3.63) is 17.5 Å². The summed E-state index contributed by atoms with van der Waals surface area (Å²) in [4.78, 5) is 26.9. The van der Waals surface area contributed by atoms with E-state index in [1.165, 1.54) is 23.7 Å². The molecule has 1 N–H and O–H groups in total. The minimum absolute atomic E-state index is 0.00313. The van der Waals surface area contributed by atoms with Crippen LogP contribution in [-0.2, 0) is 7.05 Å². The molecule has 0 spiro atoms. The average molecular weight is 333 g/mol. The van der Waals surface area contributed by atoms with Gasteiger partial charge in [-0.3, -0.25) is 9.48 Å². The van der Waals surface area contributed by atoms with Crippen molar-refractivity contribution in [3.8, 4) is 0 Å². The van der Waals surface area contributed by atoms with Gasteiger partial charge in [0, 0.05) is 19.1 Å². The summed E-state index contributed by atoms with van der Waals surface area (Å²) in [6.45, 7) is 0. The number of aromatic carboxylic acids is 1. The SMILES string of the molecule is Cn1ncc(C(=O)N(C2CCCCC2)C2CCCCC2)c1C(=O)O. The lowest BCUT2D eigenvalue weighted by Crippen LogP contribution is -2.49. The van der Waals surface area contributed by atoms with Gasteiger partial charge in [-0.25, -0.2) is 4.79 Å². The molecule has 0 aromatic carbocycles. The Kier molecular flexibility index (Phi) is 5.21. The summed E-state index contributed by atoms with van der Waals surface area (Å²) in [7, 11) is 1.58. The molecule has 0 aliphatic heterocycles. The summed E-state index contributed by atoms with van der Waals surface area (Å²) >= 11 is 0. The molecule has 132 valence electrons. The third-order valence-electron chi connectivity index (χ3n) is 5.54. The minimum atomic E-state index is -1.09. The van der Waals surface area contributed by atoms with Gasteiger partial charge in [-0.05, 0) is 25.7 Å². The third-order valence-corrected chi connectivity index (χ3v) is 5.54. The van der Waals surface area contributed by atoms with Crippen molar-refractivity contribution < 1.29 is 14.7 Å². The Bertz CT molecular complexity index is 581. The molecule has 6 heteroatoms. The monoisotopic (exact) mass is 333 g/mol. The molecular weight excluding hydrogens is 306 g/mol. The molecule has 1 amide bonds. The lowest BCUT2D eigenvalue weighted by atomic mass is 9.88. The maximum Gasteiger partial charge on any atom is 0.354 e. The van der Waals surface area contributed by atoms with E-state index in [9.17, 15) is 14.7 Å². The van der Waals surface area contributed by atoms with Gasteiger partial charge in [0.25, 0.3) is 5.91 Å². The number of carboxylic acids is 1. The molecule has 3 rings (SSSR count). The number of rotatable bonds is 4. The number of carboxylic acid groups (broad SMARTS) is 1. The zero-order valence-electron chi connectivity index (χ0n) is 14.4. The van der Waals surface area contributed by atoms with Gasteiger partial charge in [0.05, 0.1) is 11.8 Å². The van der Waals surface area contributed by atoms with Gasteiger partial charge in [-0.15, -0.1) is 0 Å². The third kappa shape index (κ3) is 3.32. The van der Waals surface area contributed by atoms with Crippen LogP contribution >= 0.6 is 0 Å². The first-order valence-corrected chi connectivity index (χ1v) is 9.17. The molecule has 24 heavy (non-hydrogen) atoms. The number of carbonyl (C=O) groups excluding carboxylic acids is 1. The Balaban J connectivity index is 1.92. The zero-order chi connectivity index (χ0) is 17.1. The molecule has 1 aromatic heterocycles. The molecule has 0 radical (unpaired) electrons. The molecule has 0 bridgehead atoms. The Morgan fingerprint density at radius 3 is 2.00 bits per heavy atom. The van der Waals surface area contributed by atoms with Crippen LogP contribution in [0.3, 0.4) is 0 Å². The first kappa shape index (κ1) is 17.0. The lowest BCUT2D eigenvalue weighted by molar-refractivity contribution is 0.0440. The molecule has 2 fully saturated rings. The molecular formula is C18H27N3O3. The number of carbonyl (C=O) groups is 2. The van der Waals surface area contributed by atoms with Crippen molar-refractivity contribution in [2.75, 3.05) is 0 Å². The maximum atomic E-state index is 13.3. The van der Waals surface area contributed by atoms with E-state index in [0.29, 0.717) is 0 Å².